The van der Waals surface area contributed by atoms with Crippen molar-refractivity contribution in [3.63, 3.8) is 0 Å². The van der Waals surface area contributed by atoms with Crippen LogP contribution in [0.2, 0.25) is 0 Å². The average molecular weight is 228 g/mol. The quantitative estimate of drug-likeness (QED) is 0.788. The van der Waals surface area contributed by atoms with Crippen molar-refractivity contribution in [2.45, 2.75) is 26.2 Å². The maximum Gasteiger partial charge on any atom is 0.321 e. The van der Waals surface area contributed by atoms with Gasteiger partial charge in [0, 0.05) is 12.4 Å². The summed E-state index contributed by atoms with van der Waals surface area (Å²) in [5.74, 6) is 0.754. The molecule has 3 heteroatoms. The van der Waals surface area contributed by atoms with E-state index in [0.29, 0.717) is 6.01 Å². The molecule has 1 aromatic carbocycles. The summed E-state index contributed by atoms with van der Waals surface area (Å²) in [5, 5.41) is 0. The van der Waals surface area contributed by atoms with E-state index in [2.05, 4.69) is 42.9 Å². The lowest BCUT2D eigenvalue weighted by molar-refractivity contribution is 0.441. The van der Waals surface area contributed by atoms with Crippen molar-refractivity contribution in [1.82, 2.24) is 9.97 Å². The predicted molar refractivity (Wildman–Crippen MR) is 67.2 cm³/mol. The fourth-order valence-electron chi connectivity index (χ4n) is 1.47. The second kappa shape index (κ2) is 4.53. The largest absolute Gasteiger partial charge is 0.424 e. The molecule has 0 aliphatic carbocycles. The maximum absolute atomic E-state index is 5.52. The Balaban J connectivity index is 2.14. The Hall–Kier alpha value is -1.90. The molecule has 2 aromatic rings. The highest BCUT2D eigenvalue weighted by atomic mass is 16.5. The Kier molecular flexibility index (Phi) is 3.09. The summed E-state index contributed by atoms with van der Waals surface area (Å²) in [6, 6.07) is 10.1. The molecular formula is C14H16N2O. The number of hydrogen-bond donors (Lipinski definition) is 0. The van der Waals surface area contributed by atoms with Gasteiger partial charge in [-0.05, 0) is 29.2 Å². The lowest BCUT2D eigenvalue weighted by atomic mass is 9.87. The predicted octanol–water partition coefficient (Wildman–Crippen LogP) is 3.57. The van der Waals surface area contributed by atoms with Crippen LogP contribution in [0.1, 0.15) is 26.3 Å². The zero-order valence-electron chi connectivity index (χ0n) is 10.3. The van der Waals surface area contributed by atoms with Crippen molar-refractivity contribution < 1.29 is 4.74 Å². The Labute approximate surface area is 102 Å². The second-order valence-corrected chi connectivity index (χ2v) is 4.91. The molecule has 0 spiro atoms. The van der Waals surface area contributed by atoms with Crippen molar-refractivity contribution in [3.8, 4) is 11.8 Å². The standard InChI is InChI=1S/C14H16N2O/c1-14(2,3)11-5-7-12(8-6-11)17-13-15-9-4-10-16-13/h4-10H,1-3H3. The van der Waals surface area contributed by atoms with E-state index in [1.807, 2.05) is 12.1 Å². The number of hydrogen-bond acceptors (Lipinski definition) is 3. The molecule has 0 aliphatic heterocycles. The molecular weight excluding hydrogens is 212 g/mol. The Morgan fingerprint density at radius 2 is 1.53 bits per heavy atom. The zero-order chi connectivity index (χ0) is 12.3. The van der Waals surface area contributed by atoms with Crippen molar-refractivity contribution >= 4 is 0 Å². The molecule has 1 heterocycles. The van der Waals surface area contributed by atoms with Crippen LogP contribution in [0.3, 0.4) is 0 Å². The molecule has 88 valence electrons. The molecule has 1 aromatic heterocycles. The molecule has 3 nitrogen and oxygen atoms in total. The highest BCUT2D eigenvalue weighted by Gasteiger charge is 2.13. The molecule has 0 fully saturated rings. The van der Waals surface area contributed by atoms with Gasteiger partial charge in [0.25, 0.3) is 0 Å². The first-order chi connectivity index (χ1) is 8.05. The molecule has 0 atom stereocenters. The fraction of sp³-hybridized carbons (Fsp3) is 0.286. The molecule has 0 saturated carbocycles. The number of rotatable bonds is 2. The van der Waals surface area contributed by atoms with Crippen molar-refractivity contribution in [2.75, 3.05) is 0 Å². The monoisotopic (exact) mass is 228 g/mol. The first-order valence-corrected chi connectivity index (χ1v) is 5.61. The third kappa shape index (κ3) is 3.03. The number of nitrogens with zero attached hydrogens (tertiary/aromatic N) is 2. The lowest BCUT2D eigenvalue weighted by Gasteiger charge is -2.18. The van der Waals surface area contributed by atoms with Crippen molar-refractivity contribution in [1.29, 1.82) is 0 Å². The van der Waals surface area contributed by atoms with Gasteiger partial charge in [0.2, 0.25) is 0 Å². The first-order valence-electron chi connectivity index (χ1n) is 5.61. The molecule has 0 unspecified atom stereocenters. The van der Waals surface area contributed by atoms with Gasteiger partial charge >= 0.3 is 6.01 Å². The van der Waals surface area contributed by atoms with Crippen LogP contribution in [0.4, 0.5) is 0 Å². The summed E-state index contributed by atoms with van der Waals surface area (Å²) in [6.07, 6.45) is 3.32. The van der Waals surface area contributed by atoms with E-state index >= 15 is 0 Å². The molecule has 0 saturated heterocycles. The minimum Gasteiger partial charge on any atom is -0.424 e. The SMILES string of the molecule is CC(C)(C)c1ccc(Oc2ncccn2)cc1. The lowest BCUT2D eigenvalue weighted by Crippen LogP contribution is -2.10. The van der Waals surface area contributed by atoms with Crippen LogP contribution in [-0.4, -0.2) is 9.97 Å². The molecule has 2 rings (SSSR count). The molecule has 0 N–H and O–H groups in total. The molecule has 0 aliphatic rings. The van der Waals surface area contributed by atoms with Crippen molar-refractivity contribution in [2.24, 2.45) is 0 Å². The Bertz CT molecular complexity index is 472. The van der Waals surface area contributed by atoms with Crippen LogP contribution in [0.25, 0.3) is 0 Å². The van der Waals surface area contributed by atoms with Gasteiger partial charge < -0.3 is 4.74 Å². The van der Waals surface area contributed by atoms with E-state index in [1.165, 1.54) is 5.56 Å². The smallest absolute Gasteiger partial charge is 0.321 e. The van der Waals surface area contributed by atoms with Crippen LogP contribution in [-0.2, 0) is 5.41 Å². The Morgan fingerprint density at radius 1 is 0.941 bits per heavy atom. The van der Waals surface area contributed by atoms with Crippen LogP contribution in [0.5, 0.6) is 11.8 Å². The van der Waals surface area contributed by atoms with E-state index in [1.54, 1.807) is 18.5 Å². The van der Waals surface area contributed by atoms with Gasteiger partial charge in [-0.15, -0.1) is 0 Å². The van der Waals surface area contributed by atoms with Gasteiger partial charge in [-0.2, -0.15) is 0 Å². The topological polar surface area (TPSA) is 35.0 Å². The summed E-state index contributed by atoms with van der Waals surface area (Å²) in [7, 11) is 0. The highest BCUT2D eigenvalue weighted by molar-refractivity contribution is 5.32. The number of benzene rings is 1. The van der Waals surface area contributed by atoms with Crippen LogP contribution < -0.4 is 4.74 Å². The Morgan fingerprint density at radius 3 is 2.06 bits per heavy atom. The van der Waals surface area contributed by atoms with Gasteiger partial charge in [-0.1, -0.05) is 32.9 Å². The zero-order valence-corrected chi connectivity index (χ0v) is 10.3. The van der Waals surface area contributed by atoms with Gasteiger partial charge in [0.1, 0.15) is 5.75 Å². The van der Waals surface area contributed by atoms with E-state index in [9.17, 15) is 0 Å². The van der Waals surface area contributed by atoms with Gasteiger partial charge in [-0.3, -0.25) is 0 Å². The normalized spacial score (nSPS) is 11.2. The summed E-state index contributed by atoms with van der Waals surface area (Å²) in [6.45, 7) is 6.55. The van der Waals surface area contributed by atoms with E-state index in [0.717, 1.165) is 5.75 Å². The second-order valence-electron chi connectivity index (χ2n) is 4.91. The van der Waals surface area contributed by atoms with Crippen LogP contribution in [0, 0.1) is 0 Å². The fourth-order valence-corrected chi connectivity index (χ4v) is 1.47. The average Bonchev–Trinajstić information content (AvgIpc) is 2.30. The van der Waals surface area contributed by atoms with Gasteiger partial charge in [-0.25, -0.2) is 9.97 Å². The van der Waals surface area contributed by atoms with Gasteiger partial charge in [0.05, 0.1) is 0 Å². The van der Waals surface area contributed by atoms with E-state index in [-0.39, 0.29) is 5.41 Å². The van der Waals surface area contributed by atoms with Crippen molar-refractivity contribution in [3.05, 3.63) is 48.3 Å². The molecule has 0 bridgehead atoms. The third-order valence-corrected chi connectivity index (χ3v) is 2.47. The third-order valence-electron chi connectivity index (χ3n) is 2.47. The summed E-state index contributed by atoms with van der Waals surface area (Å²) in [4.78, 5) is 8.02. The van der Waals surface area contributed by atoms with Gasteiger partial charge in [0.15, 0.2) is 0 Å². The summed E-state index contributed by atoms with van der Waals surface area (Å²) < 4.78 is 5.52. The minimum absolute atomic E-state index is 0.155. The van der Waals surface area contributed by atoms with E-state index in [4.69, 9.17) is 4.74 Å². The summed E-state index contributed by atoms with van der Waals surface area (Å²) in [5.41, 5.74) is 1.43. The summed E-state index contributed by atoms with van der Waals surface area (Å²) >= 11 is 0. The number of aromatic nitrogens is 2. The molecule has 0 amide bonds. The minimum atomic E-state index is 0.155. The first kappa shape index (κ1) is 11.6. The van der Waals surface area contributed by atoms with Crippen LogP contribution in [0.15, 0.2) is 42.7 Å². The van der Waals surface area contributed by atoms with E-state index < -0.39 is 0 Å². The molecule has 0 radical (unpaired) electrons. The number of ether oxygens (including phenoxy) is 1. The van der Waals surface area contributed by atoms with Crippen LogP contribution >= 0.6 is 0 Å². The molecule has 17 heavy (non-hydrogen) atoms. The maximum atomic E-state index is 5.52. The highest BCUT2D eigenvalue weighted by Crippen LogP contribution is 2.25.